The Balaban J connectivity index is 1.97. The zero-order valence-electron chi connectivity index (χ0n) is 11.6. The number of hydrogen-bond acceptors (Lipinski definition) is 6. The largest absolute Gasteiger partial charge is 0.367 e. The first-order valence-electron chi connectivity index (χ1n) is 6.43. The second-order valence-corrected chi connectivity index (χ2v) is 5.32. The van der Waals surface area contributed by atoms with Gasteiger partial charge in [0, 0.05) is 39.3 Å². The molecular weight excluding hydrogens is 264 g/mol. The van der Waals surface area contributed by atoms with Gasteiger partial charge in [0.05, 0.1) is 6.20 Å². The third-order valence-electron chi connectivity index (χ3n) is 3.45. The minimum Gasteiger partial charge on any atom is -0.367 e. The molecule has 2 heterocycles. The number of rotatable bonds is 4. The Hall–Kier alpha value is -1.11. The topological polar surface area (TPSA) is 56.3 Å². The lowest BCUT2D eigenvalue weighted by Crippen LogP contribution is -2.52. The third kappa shape index (κ3) is 3.68. The van der Waals surface area contributed by atoms with Gasteiger partial charge >= 0.3 is 0 Å². The molecule has 1 aliphatic heterocycles. The van der Waals surface area contributed by atoms with Crippen LogP contribution in [0.5, 0.6) is 0 Å². The van der Waals surface area contributed by atoms with Crippen molar-refractivity contribution in [3.8, 4) is 0 Å². The fraction of sp³-hybridized carbons (Fsp3) is 0.667. The van der Waals surface area contributed by atoms with Gasteiger partial charge in [-0.05, 0) is 14.1 Å². The van der Waals surface area contributed by atoms with E-state index in [1.165, 1.54) is 0 Å². The first kappa shape index (κ1) is 14.3. The average Bonchev–Trinajstić information content (AvgIpc) is 2.41. The molecular formula is C12H21ClN6. The molecule has 7 heteroatoms. The van der Waals surface area contributed by atoms with E-state index < -0.39 is 0 Å². The Labute approximate surface area is 119 Å². The predicted octanol–water partition coefficient (Wildman–Crippen LogP) is 0.829. The Morgan fingerprint density at radius 3 is 2.95 bits per heavy atom. The van der Waals surface area contributed by atoms with Crippen molar-refractivity contribution >= 4 is 23.4 Å². The number of nitrogens with zero attached hydrogens (tertiary/aromatic N) is 4. The molecule has 6 nitrogen and oxygen atoms in total. The molecule has 0 aliphatic carbocycles. The number of aromatic nitrogens is 2. The molecule has 2 rings (SSSR count). The predicted molar refractivity (Wildman–Crippen MR) is 79.0 cm³/mol. The van der Waals surface area contributed by atoms with Crippen LogP contribution in [0.2, 0.25) is 5.02 Å². The monoisotopic (exact) mass is 284 g/mol. The number of piperazine rings is 1. The van der Waals surface area contributed by atoms with Crippen LogP contribution in [0.1, 0.15) is 0 Å². The molecule has 0 saturated carbocycles. The molecule has 0 radical (unpaired) electrons. The van der Waals surface area contributed by atoms with E-state index in [1.807, 2.05) is 0 Å². The second-order valence-electron chi connectivity index (χ2n) is 4.92. The van der Waals surface area contributed by atoms with Crippen molar-refractivity contribution in [3.63, 3.8) is 0 Å². The van der Waals surface area contributed by atoms with Crippen molar-refractivity contribution < 1.29 is 0 Å². The number of hydrogen-bond donors (Lipinski definition) is 2. The quantitative estimate of drug-likeness (QED) is 0.854. The van der Waals surface area contributed by atoms with Crippen molar-refractivity contribution in [2.45, 2.75) is 6.04 Å². The van der Waals surface area contributed by atoms with E-state index in [2.05, 4.69) is 44.5 Å². The van der Waals surface area contributed by atoms with Crippen LogP contribution in [0.25, 0.3) is 0 Å². The molecule has 1 aromatic rings. The molecule has 1 unspecified atom stereocenters. The molecule has 1 saturated heterocycles. The van der Waals surface area contributed by atoms with Gasteiger partial charge in [0.1, 0.15) is 5.02 Å². The minimum atomic E-state index is 0.461. The molecule has 0 amide bonds. The highest BCUT2D eigenvalue weighted by Gasteiger charge is 2.22. The maximum absolute atomic E-state index is 6.10. The van der Waals surface area contributed by atoms with Crippen LogP contribution in [-0.2, 0) is 0 Å². The summed E-state index contributed by atoms with van der Waals surface area (Å²) in [7, 11) is 6.09. The molecule has 1 aliphatic rings. The summed E-state index contributed by atoms with van der Waals surface area (Å²) in [5, 5.41) is 6.77. The van der Waals surface area contributed by atoms with E-state index in [-0.39, 0.29) is 0 Å². The van der Waals surface area contributed by atoms with Crippen LogP contribution in [0.15, 0.2) is 6.20 Å². The normalized spacial score (nSPS) is 21.4. The lowest BCUT2D eigenvalue weighted by molar-refractivity contribution is 0.122. The summed E-state index contributed by atoms with van der Waals surface area (Å²) in [6.45, 7) is 4.07. The van der Waals surface area contributed by atoms with Crippen LogP contribution in [-0.4, -0.2) is 73.1 Å². The summed E-state index contributed by atoms with van der Waals surface area (Å²) in [6.07, 6.45) is 1.61. The summed E-state index contributed by atoms with van der Waals surface area (Å²) in [5.74, 6) is 1.25. The van der Waals surface area contributed by atoms with Crippen LogP contribution in [0, 0.1) is 0 Å². The van der Waals surface area contributed by atoms with Gasteiger partial charge in [0.25, 0.3) is 0 Å². The van der Waals surface area contributed by atoms with Crippen molar-refractivity contribution in [2.75, 3.05) is 58.0 Å². The number of anilines is 2. The molecule has 1 aromatic heterocycles. The molecule has 1 atom stereocenters. The molecule has 106 valence electrons. The van der Waals surface area contributed by atoms with Crippen LogP contribution in [0.3, 0.4) is 0 Å². The lowest BCUT2D eigenvalue weighted by atomic mass is 10.2. The van der Waals surface area contributed by atoms with E-state index in [9.17, 15) is 0 Å². The highest BCUT2D eigenvalue weighted by atomic mass is 35.5. The summed E-state index contributed by atoms with van der Waals surface area (Å²) in [6, 6.07) is 0.461. The van der Waals surface area contributed by atoms with E-state index in [4.69, 9.17) is 11.6 Å². The SMILES string of the molecule is CNc1ncc(Cl)c(NCC2CN(C)CCN2C)n1. The Morgan fingerprint density at radius 2 is 2.21 bits per heavy atom. The van der Waals surface area contributed by atoms with E-state index in [0.717, 1.165) is 26.2 Å². The van der Waals surface area contributed by atoms with Crippen LogP contribution >= 0.6 is 11.6 Å². The summed E-state index contributed by atoms with van der Waals surface area (Å²) < 4.78 is 0. The zero-order valence-corrected chi connectivity index (χ0v) is 12.4. The van der Waals surface area contributed by atoms with E-state index in [0.29, 0.717) is 22.8 Å². The zero-order chi connectivity index (χ0) is 13.8. The maximum Gasteiger partial charge on any atom is 0.224 e. The lowest BCUT2D eigenvalue weighted by Gasteiger charge is -2.37. The van der Waals surface area contributed by atoms with Gasteiger partial charge in [-0.15, -0.1) is 0 Å². The smallest absolute Gasteiger partial charge is 0.224 e. The standard InChI is InChI=1S/C12H21ClN6/c1-14-12-16-7-10(13)11(17-12)15-6-9-8-18(2)4-5-19(9)3/h7,9H,4-6,8H2,1-3H3,(H2,14,15,16,17). The minimum absolute atomic E-state index is 0.461. The molecule has 0 aromatic carbocycles. The summed E-state index contributed by atoms with van der Waals surface area (Å²) in [5.41, 5.74) is 0. The van der Waals surface area contributed by atoms with Gasteiger partial charge in [-0.2, -0.15) is 4.98 Å². The summed E-state index contributed by atoms with van der Waals surface area (Å²) >= 11 is 6.10. The molecule has 0 bridgehead atoms. The molecule has 0 spiro atoms. The number of nitrogens with one attached hydrogen (secondary N) is 2. The fourth-order valence-electron chi connectivity index (χ4n) is 2.15. The Morgan fingerprint density at radius 1 is 1.42 bits per heavy atom. The van der Waals surface area contributed by atoms with Gasteiger partial charge in [-0.3, -0.25) is 4.90 Å². The van der Waals surface area contributed by atoms with Gasteiger partial charge in [-0.25, -0.2) is 4.98 Å². The molecule has 2 N–H and O–H groups in total. The van der Waals surface area contributed by atoms with Gasteiger partial charge in [-0.1, -0.05) is 11.6 Å². The van der Waals surface area contributed by atoms with E-state index in [1.54, 1.807) is 13.2 Å². The number of halogens is 1. The Kier molecular flexibility index (Phi) is 4.79. The maximum atomic E-state index is 6.10. The second kappa shape index (κ2) is 6.36. The Bertz CT molecular complexity index is 427. The molecule has 19 heavy (non-hydrogen) atoms. The van der Waals surface area contributed by atoms with E-state index >= 15 is 0 Å². The van der Waals surface area contributed by atoms with Crippen molar-refractivity contribution in [3.05, 3.63) is 11.2 Å². The first-order chi connectivity index (χ1) is 9.10. The van der Waals surface area contributed by atoms with Gasteiger partial charge < -0.3 is 15.5 Å². The average molecular weight is 285 g/mol. The number of likely N-dealkylation sites (N-methyl/N-ethyl adjacent to an activating group) is 2. The molecule has 1 fully saturated rings. The third-order valence-corrected chi connectivity index (χ3v) is 3.73. The first-order valence-corrected chi connectivity index (χ1v) is 6.81. The van der Waals surface area contributed by atoms with Crippen molar-refractivity contribution in [1.82, 2.24) is 19.8 Å². The van der Waals surface area contributed by atoms with Crippen molar-refractivity contribution in [1.29, 1.82) is 0 Å². The van der Waals surface area contributed by atoms with Crippen LogP contribution < -0.4 is 10.6 Å². The fourth-order valence-corrected chi connectivity index (χ4v) is 2.31. The van der Waals surface area contributed by atoms with Crippen molar-refractivity contribution in [2.24, 2.45) is 0 Å². The highest BCUT2D eigenvalue weighted by Crippen LogP contribution is 2.19. The highest BCUT2D eigenvalue weighted by molar-refractivity contribution is 6.32. The van der Waals surface area contributed by atoms with Gasteiger partial charge in [0.2, 0.25) is 5.95 Å². The summed E-state index contributed by atoms with van der Waals surface area (Å²) in [4.78, 5) is 13.1. The van der Waals surface area contributed by atoms with Crippen LogP contribution in [0.4, 0.5) is 11.8 Å². The van der Waals surface area contributed by atoms with Gasteiger partial charge in [0.15, 0.2) is 5.82 Å².